The Morgan fingerprint density at radius 2 is 1.00 bits per heavy atom. The first-order valence-electron chi connectivity index (χ1n) is 8.40. The van der Waals surface area contributed by atoms with E-state index in [2.05, 4.69) is 32.6 Å². The van der Waals surface area contributed by atoms with Crippen molar-refractivity contribution in [2.24, 2.45) is 0 Å². The van der Waals surface area contributed by atoms with Crippen molar-refractivity contribution < 1.29 is 0 Å². The van der Waals surface area contributed by atoms with E-state index in [1.807, 2.05) is 0 Å². The Morgan fingerprint density at radius 3 is 1.39 bits per heavy atom. The van der Waals surface area contributed by atoms with Gasteiger partial charge in [0.15, 0.2) is 0 Å². The number of hydrogen-bond donors (Lipinski definition) is 0. The van der Waals surface area contributed by atoms with Gasteiger partial charge in [0.05, 0.1) is 0 Å². The van der Waals surface area contributed by atoms with Gasteiger partial charge < -0.3 is 0 Å². The Labute approximate surface area is 118 Å². The van der Waals surface area contributed by atoms with Crippen molar-refractivity contribution in [3.05, 3.63) is 6.04 Å². The number of rotatable bonds is 13. The third-order valence-corrected chi connectivity index (χ3v) is 5.08. The summed E-state index contributed by atoms with van der Waals surface area (Å²) in [5, 5.41) is 0. The maximum atomic E-state index is 2.61. The lowest BCUT2D eigenvalue weighted by atomic mass is 10.1. The van der Waals surface area contributed by atoms with Crippen molar-refractivity contribution in [1.29, 1.82) is 0 Å². The fourth-order valence-electron chi connectivity index (χ4n) is 2.34. The first-order chi connectivity index (χ1) is 8.56. The Bertz CT molecular complexity index is 157. The van der Waals surface area contributed by atoms with Gasteiger partial charge in [0.25, 0.3) is 0 Å². The minimum Gasteiger partial charge on any atom is -0.0693 e. The molecule has 18 heavy (non-hydrogen) atoms. The summed E-state index contributed by atoms with van der Waals surface area (Å²) in [6, 6.07) is 2.61. The largest absolute Gasteiger partial charge is 0.0693 e. The van der Waals surface area contributed by atoms with Gasteiger partial charge in [-0.2, -0.15) is 0 Å². The molecule has 0 aromatic heterocycles. The fourth-order valence-corrected chi connectivity index (χ4v) is 3.41. The van der Waals surface area contributed by atoms with Crippen molar-refractivity contribution in [2.45, 2.75) is 104 Å². The van der Waals surface area contributed by atoms with Gasteiger partial charge in [-0.25, -0.2) is 0 Å². The smallest absolute Gasteiger partial charge is 0.0473 e. The zero-order chi connectivity index (χ0) is 13.7. The fraction of sp³-hybridized carbons (Fsp3) is 0.941. The van der Waals surface area contributed by atoms with Gasteiger partial charge in [-0.1, -0.05) is 104 Å². The average molecular weight is 270 g/mol. The van der Waals surface area contributed by atoms with Crippen molar-refractivity contribution in [3.8, 4) is 0 Å². The Morgan fingerprint density at radius 1 is 0.611 bits per heavy atom. The molecule has 0 fully saturated rings. The molecule has 1 heteroatoms. The predicted molar refractivity (Wildman–Crippen MR) is 88.7 cm³/mol. The maximum absolute atomic E-state index is 2.61. The second-order valence-corrected chi connectivity index (χ2v) is 12.0. The molecule has 0 saturated carbocycles. The highest BCUT2D eigenvalue weighted by Crippen LogP contribution is 2.14. The summed E-state index contributed by atoms with van der Waals surface area (Å²) in [6.45, 7) is 9.60. The third kappa shape index (κ3) is 16.2. The molecule has 0 aliphatic rings. The van der Waals surface area contributed by atoms with Crippen LogP contribution >= 0.6 is 0 Å². The summed E-state index contributed by atoms with van der Waals surface area (Å²) < 4.78 is 0. The van der Waals surface area contributed by atoms with Gasteiger partial charge in [-0.15, -0.1) is 0 Å². The normalized spacial score (nSPS) is 12.0. The summed E-state index contributed by atoms with van der Waals surface area (Å²) in [4.78, 5) is 0. The summed E-state index contributed by atoms with van der Waals surface area (Å²) in [6.07, 6.45) is 17.4. The van der Waals surface area contributed by atoms with Crippen LogP contribution in [0.15, 0.2) is 0 Å². The lowest BCUT2D eigenvalue weighted by Crippen LogP contribution is -2.20. The molecule has 0 unspecified atom stereocenters. The van der Waals surface area contributed by atoms with Crippen LogP contribution in [-0.2, 0) is 0 Å². The van der Waals surface area contributed by atoms with Gasteiger partial charge in [-0.3, -0.25) is 0 Å². The summed E-state index contributed by atoms with van der Waals surface area (Å²) >= 11 is 0. The van der Waals surface area contributed by atoms with Crippen molar-refractivity contribution in [2.75, 3.05) is 0 Å². The lowest BCUT2D eigenvalue weighted by molar-refractivity contribution is 0.550. The first kappa shape index (κ1) is 18.2. The van der Waals surface area contributed by atoms with E-state index >= 15 is 0 Å². The molecular weight excluding hydrogens is 232 g/mol. The molecule has 0 saturated heterocycles. The predicted octanol–water partition coefficient (Wildman–Crippen LogP) is 6.77. The molecule has 0 bridgehead atoms. The summed E-state index contributed by atoms with van der Waals surface area (Å²) in [7, 11) is -0.880. The van der Waals surface area contributed by atoms with Crippen LogP contribution < -0.4 is 0 Å². The Kier molecular flexibility index (Phi) is 12.4. The van der Waals surface area contributed by atoms with Crippen molar-refractivity contribution in [3.63, 3.8) is 0 Å². The standard InChI is InChI=1S/C17H37Si/c1-5-6-7-8-9-10-11-12-13-14-15-16-17-18(2,3)4/h17H,5-16H2,1-4H3. The van der Waals surface area contributed by atoms with E-state index in [0.29, 0.717) is 0 Å². The van der Waals surface area contributed by atoms with E-state index in [-0.39, 0.29) is 0 Å². The van der Waals surface area contributed by atoms with Crippen LogP contribution in [0.1, 0.15) is 84.0 Å². The van der Waals surface area contributed by atoms with Crippen LogP contribution in [0.5, 0.6) is 0 Å². The van der Waals surface area contributed by atoms with Crippen molar-refractivity contribution in [1.82, 2.24) is 0 Å². The highest BCUT2D eigenvalue weighted by Gasteiger charge is 2.11. The number of unbranched alkanes of at least 4 members (excludes halogenated alkanes) is 11. The minimum atomic E-state index is -0.880. The zero-order valence-electron chi connectivity index (χ0n) is 13.6. The third-order valence-electron chi connectivity index (χ3n) is 3.56. The molecule has 0 spiro atoms. The van der Waals surface area contributed by atoms with Crippen LogP contribution in [0.4, 0.5) is 0 Å². The highest BCUT2D eigenvalue weighted by molar-refractivity contribution is 6.79. The highest BCUT2D eigenvalue weighted by atomic mass is 28.3. The van der Waals surface area contributed by atoms with E-state index in [0.717, 1.165) is 0 Å². The second-order valence-electron chi connectivity index (χ2n) is 6.89. The van der Waals surface area contributed by atoms with Gasteiger partial charge in [0.2, 0.25) is 0 Å². The van der Waals surface area contributed by atoms with Gasteiger partial charge in [-0.05, 0) is 6.04 Å². The molecule has 1 radical (unpaired) electrons. The molecule has 0 aliphatic heterocycles. The van der Waals surface area contributed by atoms with E-state index in [4.69, 9.17) is 0 Å². The molecule has 0 heterocycles. The summed E-state index contributed by atoms with van der Waals surface area (Å²) in [5.74, 6) is 0. The van der Waals surface area contributed by atoms with E-state index in [9.17, 15) is 0 Å². The SMILES string of the molecule is CCCCCCCCCCCCC[CH][Si](C)(C)C. The van der Waals surface area contributed by atoms with Gasteiger partial charge in [0, 0.05) is 8.07 Å². The van der Waals surface area contributed by atoms with Crippen molar-refractivity contribution >= 4 is 8.07 Å². The molecule has 0 atom stereocenters. The monoisotopic (exact) mass is 269 g/mol. The van der Waals surface area contributed by atoms with E-state index in [1.165, 1.54) is 77.0 Å². The molecule has 0 rings (SSSR count). The molecule has 0 aromatic rings. The van der Waals surface area contributed by atoms with Crippen LogP contribution in [0.25, 0.3) is 0 Å². The van der Waals surface area contributed by atoms with Crippen LogP contribution in [0, 0.1) is 6.04 Å². The average Bonchev–Trinajstić information content (AvgIpc) is 2.29. The minimum absolute atomic E-state index is 0.880. The second kappa shape index (κ2) is 12.3. The van der Waals surface area contributed by atoms with Gasteiger partial charge >= 0.3 is 0 Å². The maximum Gasteiger partial charge on any atom is 0.0473 e. The molecule has 0 amide bonds. The summed E-state index contributed by atoms with van der Waals surface area (Å²) in [5.41, 5.74) is 0. The van der Waals surface area contributed by atoms with E-state index in [1.54, 1.807) is 0 Å². The van der Waals surface area contributed by atoms with Crippen LogP contribution in [0.2, 0.25) is 19.6 Å². The lowest BCUT2D eigenvalue weighted by Gasteiger charge is -2.14. The Balaban J connectivity index is 2.99. The van der Waals surface area contributed by atoms with Gasteiger partial charge in [0.1, 0.15) is 0 Å². The molecule has 0 nitrogen and oxygen atoms in total. The van der Waals surface area contributed by atoms with Crippen LogP contribution in [-0.4, -0.2) is 8.07 Å². The Hall–Kier alpha value is 0.217. The first-order valence-corrected chi connectivity index (χ1v) is 12.0. The molecule has 0 aromatic carbocycles. The van der Waals surface area contributed by atoms with Crippen LogP contribution in [0.3, 0.4) is 0 Å². The molecule has 0 N–H and O–H groups in total. The topological polar surface area (TPSA) is 0 Å². The molecular formula is C17H37Si. The molecule has 109 valence electrons. The number of hydrogen-bond acceptors (Lipinski definition) is 0. The quantitative estimate of drug-likeness (QED) is 0.256. The van der Waals surface area contributed by atoms with E-state index < -0.39 is 8.07 Å². The molecule has 0 aliphatic carbocycles. The zero-order valence-corrected chi connectivity index (χ0v) is 14.6.